The lowest BCUT2D eigenvalue weighted by molar-refractivity contribution is 0.131. The summed E-state index contributed by atoms with van der Waals surface area (Å²) in [6.07, 6.45) is 2.65. The SMILES string of the molecule is CCNC(=NCCOCC1CC1)N(C)Cc1ccccc1OC. The Morgan fingerprint density at radius 1 is 1.35 bits per heavy atom. The van der Waals surface area contributed by atoms with Crippen molar-refractivity contribution in [1.29, 1.82) is 0 Å². The van der Waals surface area contributed by atoms with Crippen LogP contribution < -0.4 is 10.1 Å². The molecular formula is C18H29N3O2. The van der Waals surface area contributed by atoms with Gasteiger partial charge in [-0.1, -0.05) is 18.2 Å². The van der Waals surface area contributed by atoms with E-state index in [1.165, 1.54) is 12.8 Å². The van der Waals surface area contributed by atoms with E-state index in [-0.39, 0.29) is 0 Å². The molecule has 1 aromatic carbocycles. The molecule has 0 atom stereocenters. The maximum Gasteiger partial charge on any atom is 0.194 e. The highest BCUT2D eigenvalue weighted by atomic mass is 16.5. The first-order chi connectivity index (χ1) is 11.2. The van der Waals surface area contributed by atoms with Gasteiger partial charge in [0.2, 0.25) is 0 Å². The number of aliphatic imine (C=N–C) groups is 1. The van der Waals surface area contributed by atoms with Crippen molar-refractivity contribution >= 4 is 5.96 Å². The third-order valence-electron chi connectivity index (χ3n) is 3.84. The number of benzene rings is 1. The fourth-order valence-corrected chi connectivity index (χ4v) is 2.38. The Morgan fingerprint density at radius 2 is 2.13 bits per heavy atom. The van der Waals surface area contributed by atoms with Crippen molar-refractivity contribution in [2.24, 2.45) is 10.9 Å². The first kappa shape index (κ1) is 17.6. The molecule has 1 fully saturated rings. The van der Waals surface area contributed by atoms with Crippen LogP contribution in [0.5, 0.6) is 5.75 Å². The monoisotopic (exact) mass is 319 g/mol. The van der Waals surface area contributed by atoms with E-state index in [2.05, 4.69) is 28.2 Å². The highest BCUT2D eigenvalue weighted by molar-refractivity contribution is 5.79. The van der Waals surface area contributed by atoms with Gasteiger partial charge in [0.15, 0.2) is 5.96 Å². The van der Waals surface area contributed by atoms with Crippen molar-refractivity contribution in [3.05, 3.63) is 29.8 Å². The number of rotatable bonds is 9. The molecule has 23 heavy (non-hydrogen) atoms. The quantitative estimate of drug-likeness (QED) is 0.432. The molecule has 0 radical (unpaired) electrons. The summed E-state index contributed by atoms with van der Waals surface area (Å²) in [5.41, 5.74) is 1.15. The summed E-state index contributed by atoms with van der Waals surface area (Å²) in [4.78, 5) is 6.76. The van der Waals surface area contributed by atoms with Gasteiger partial charge in [-0.2, -0.15) is 0 Å². The maximum absolute atomic E-state index is 5.65. The fourth-order valence-electron chi connectivity index (χ4n) is 2.38. The van der Waals surface area contributed by atoms with Gasteiger partial charge in [0.05, 0.1) is 20.3 Å². The maximum atomic E-state index is 5.65. The van der Waals surface area contributed by atoms with E-state index in [0.29, 0.717) is 13.2 Å². The highest BCUT2D eigenvalue weighted by Gasteiger charge is 2.20. The van der Waals surface area contributed by atoms with E-state index >= 15 is 0 Å². The van der Waals surface area contributed by atoms with Gasteiger partial charge in [0.25, 0.3) is 0 Å². The van der Waals surface area contributed by atoms with Gasteiger partial charge in [-0.15, -0.1) is 0 Å². The van der Waals surface area contributed by atoms with E-state index in [1.54, 1.807) is 7.11 Å². The normalized spacial score (nSPS) is 14.7. The summed E-state index contributed by atoms with van der Waals surface area (Å²) in [7, 11) is 3.74. The molecule has 0 saturated heterocycles. The van der Waals surface area contributed by atoms with Crippen molar-refractivity contribution in [2.45, 2.75) is 26.3 Å². The molecule has 128 valence electrons. The zero-order valence-corrected chi connectivity index (χ0v) is 14.5. The average molecular weight is 319 g/mol. The lowest BCUT2D eigenvalue weighted by atomic mass is 10.2. The number of hydrogen-bond acceptors (Lipinski definition) is 3. The number of nitrogens with zero attached hydrogens (tertiary/aromatic N) is 2. The first-order valence-corrected chi connectivity index (χ1v) is 8.43. The minimum Gasteiger partial charge on any atom is -0.496 e. The number of para-hydroxylation sites is 1. The topological polar surface area (TPSA) is 46.1 Å². The van der Waals surface area contributed by atoms with Crippen molar-refractivity contribution in [3.63, 3.8) is 0 Å². The molecule has 0 bridgehead atoms. The molecule has 0 aromatic heterocycles. The van der Waals surface area contributed by atoms with Crippen LogP contribution in [0.25, 0.3) is 0 Å². The third kappa shape index (κ3) is 6.10. The molecule has 1 N–H and O–H groups in total. The van der Waals surface area contributed by atoms with Crippen LogP contribution in [-0.2, 0) is 11.3 Å². The van der Waals surface area contributed by atoms with Crippen LogP contribution >= 0.6 is 0 Å². The molecule has 5 nitrogen and oxygen atoms in total. The molecule has 1 aliphatic rings. The molecule has 2 rings (SSSR count). The van der Waals surface area contributed by atoms with Crippen LogP contribution in [0.15, 0.2) is 29.3 Å². The Kier molecular flexibility index (Phi) is 7.20. The van der Waals surface area contributed by atoms with E-state index in [4.69, 9.17) is 9.47 Å². The molecule has 0 aliphatic heterocycles. The molecule has 0 heterocycles. The second kappa shape index (κ2) is 9.40. The van der Waals surface area contributed by atoms with Gasteiger partial charge < -0.3 is 19.7 Å². The van der Waals surface area contributed by atoms with E-state index < -0.39 is 0 Å². The number of ether oxygens (including phenoxy) is 2. The number of nitrogens with one attached hydrogen (secondary N) is 1. The van der Waals surface area contributed by atoms with Gasteiger partial charge in [-0.3, -0.25) is 4.99 Å². The van der Waals surface area contributed by atoms with Crippen LogP contribution in [0.3, 0.4) is 0 Å². The van der Waals surface area contributed by atoms with E-state index in [9.17, 15) is 0 Å². The van der Waals surface area contributed by atoms with Gasteiger partial charge in [-0.25, -0.2) is 0 Å². The second-order valence-electron chi connectivity index (χ2n) is 5.92. The molecule has 0 unspecified atom stereocenters. The Bertz CT molecular complexity index is 501. The average Bonchev–Trinajstić information content (AvgIpc) is 3.38. The summed E-state index contributed by atoms with van der Waals surface area (Å²) in [5, 5.41) is 3.33. The van der Waals surface area contributed by atoms with Gasteiger partial charge in [-0.05, 0) is 31.7 Å². The summed E-state index contributed by atoms with van der Waals surface area (Å²) in [6, 6.07) is 8.08. The zero-order chi connectivity index (χ0) is 16.5. The minimum atomic E-state index is 0.686. The molecular weight excluding hydrogens is 290 g/mol. The zero-order valence-electron chi connectivity index (χ0n) is 14.5. The predicted octanol–water partition coefficient (Wildman–Crippen LogP) is 2.52. The summed E-state index contributed by atoms with van der Waals surface area (Å²) >= 11 is 0. The van der Waals surface area contributed by atoms with E-state index in [0.717, 1.165) is 42.9 Å². The molecule has 0 spiro atoms. The van der Waals surface area contributed by atoms with Gasteiger partial charge in [0.1, 0.15) is 5.75 Å². The standard InChI is InChI=1S/C18H29N3O2/c1-4-19-18(20-11-12-23-14-15-9-10-15)21(2)13-16-7-5-6-8-17(16)22-3/h5-8,15H,4,9-14H2,1-3H3,(H,19,20). The number of methoxy groups -OCH3 is 1. The minimum absolute atomic E-state index is 0.686. The van der Waals surface area contributed by atoms with Crippen molar-refractivity contribution in [1.82, 2.24) is 10.2 Å². The van der Waals surface area contributed by atoms with Gasteiger partial charge in [0, 0.05) is 32.3 Å². The number of guanidine groups is 1. The number of hydrogen-bond donors (Lipinski definition) is 1. The Hall–Kier alpha value is -1.75. The molecule has 1 aromatic rings. The lowest BCUT2D eigenvalue weighted by Gasteiger charge is -2.23. The smallest absolute Gasteiger partial charge is 0.194 e. The summed E-state index contributed by atoms with van der Waals surface area (Å²) < 4.78 is 11.1. The molecule has 0 amide bonds. The fraction of sp³-hybridized carbons (Fsp3) is 0.611. The Labute approximate surface area is 139 Å². The largest absolute Gasteiger partial charge is 0.496 e. The van der Waals surface area contributed by atoms with Crippen LogP contribution in [0.2, 0.25) is 0 Å². The van der Waals surface area contributed by atoms with Crippen LogP contribution in [0.1, 0.15) is 25.3 Å². The Morgan fingerprint density at radius 3 is 2.83 bits per heavy atom. The van der Waals surface area contributed by atoms with Crippen LogP contribution in [0.4, 0.5) is 0 Å². The lowest BCUT2D eigenvalue weighted by Crippen LogP contribution is -2.38. The second-order valence-corrected chi connectivity index (χ2v) is 5.92. The van der Waals surface area contributed by atoms with Crippen molar-refractivity contribution in [3.8, 4) is 5.75 Å². The first-order valence-electron chi connectivity index (χ1n) is 8.43. The summed E-state index contributed by atoms with van der Waals surface area (Å²) in [5.74, 6) is 2.61. The molecule has 5 heteroatoms. The van der Waals surface area contributed by atoms with Crippen molar-refractivity contribution in [2.75, 3.05) is 40.5 Å². The van der Waals surface area contributed by atoms with Gasteiger partial charge >= 0.3 is 0 Å². The van der Waals surface area contributed by atoms with Crippen LogP contribution in [-0.4, -0.2) is 51.3 Å². The third-order valence-corrected chi connectivity index (χ3v) is 3.84. The van der Waals surface area contributed by atoms with Crippen LogP contribution in [0, 0.1) is 5.92 Å². The highest BCUT2D eigenvalue weighted by Crippen LogP contribution is 2.28. The van der Waals surface area contributed by atoms with Crippen molar-refractivity contribution < 1.29 is 9.47 Å². The predicted molar refractivity (Wildman–Crippen MR) is 94.0 cm³/mol. The van der Waals surface area contributed by atoms with E-state index in [1.807, 2.05) is 25.2 Å². The molecule has 1 saturated carbocycles. The summed E-state index contributed by atoms with van der Waals surface area (Å²) in [6.45, 7) is 5.94. The Balaban J connectivity index is 1.86. The molecule has 1 aliphatic carbocycles.